The van der Waals surface area contributed by atoms with Gasteiger partial charge in [0, 0.05) is 7.05 Å². The third-order valence-electron chi connectivity index (χ3n) is 3.08. The van der Waals surface area contributed by atoms with Gasteiger partial charge in [0.2, 0.25) is 10.0 Å². The molecule has 0 saturated carbocycles. The summed E-state index contributed by atoms with van der Waals surface area (Å²) >= 11 is 0. The molecule has 0 saturated heterocycles. The predicted octanol–water partition coefficient (Wildman–Crippen LogP) is -0.0117. The molecule has 0 aliphatic rings. The molecule has 0 aliphatic heterocycles. The summed E-state index contributed by atoms with van der Waals surface area (Å²) in [7, 11) is -2.61. The minimum absolute atomic E-state index is 0.00538. The van der Waals surface area contributed by atoms with E-state index in [4.69, 9.17) is 4.74 Å². The Morgan fingerprint density at radius 1 is 1.12 bits per heavy atom. The van der Waals surface area contributed by atoms with Crippen LogP contribution in [-0.4, -0.2) is 46.0 Å². The number of ether oxygens (including phenoxy) is 1. The molecular formula is C15H21N3O6S. The first-order chi connectivity index (χ1) is 11.7. The van der Waals surface area contributed by atoms with Gasteiger partial charge >= 0.3 is 12.0 Å². The number of sulfonamides is 1. The Kier molecular flexibility index (Phi) is 7.52. The summed E-state index contributed by atoms with van der Waals surface area (Å²) in [6, 6.07) is 5.63. The lowest BCUT2D eigenvalue weighted by molar-refractivity contribution is -0.150. The molecule has 0 heterocycles. The molecule has 1 rings (SSSR count). The zero-order valence-corrected chi connectivity index (χ0v) is 14.9. The van der Waals surface area contributed by atoms with Crippen molar-refractivity contribution in [1.82, 2.24) is 15.4 Å². The number of imide groups is 1. The second kappa shape index (κ2) is 9.14. The van der Waals surface area contributed by atoms with Crippen LogP contribution in [-0.2, 0) is 24.3 Å². The molecule has 0 aromatic heterocycles. The Labute approximate surface area is 146 Å². The van der Waals surface area contributed by atoms with Crippen LogP contribution >= 0.6 is 0 Å². The van der Waals surface area contributed by atoms with Crippen LogP contribution < -0.4 is 15.4 Å². The lowest BCUT2D eigenvalue weighted by Crippen LogP contribution is -2.46. The number of benzene rings is 1. The number of esters is 1. The summed E-state index contributed by atoms with van der Waals surface area (Å²) in [5, 5.41) is 4.09. The van der Waals surface area contributed by atoms with E-state index in [1.54, 1.807) is 32.0 Å². The highest BCUT2D eigenvalue weighted by atomic mass is 32.2. The third-order valence-corrected chi connectivity index (χ3v) is 4.54. The molecule has 9 nitrogen and oxygen atoms in total. The average molecular weight is 371 g/mol. The summed E-state index contributed by atoms with van der Waals surface area (Å²) in [5.41, 5.74) is 0. The third kappa shape index (κ3) is 6.51. The van der Waals surface area contributed by atoms with Gasteiger partial charge < -0.3 is 10.1 Å². The van der Waals surface area contributed by atoms with Crippen molar-refractivity contribution in [2.45, 2.75) is 24.8 Å². The number of hydrogen-bond donors (Lipinski definition) is 3. The van der Waals surface area contributed by atoms with E-state index < -0.39 is 46.5 Å². The second-order valence-corrected chi connectivity index (χ2v) is 7.11. The van der Waals surface area contributed by atoms with Crippen molar-refractivity contribution >= 4 is 27.9 Å². The van der Waals surface area contributed by atoms with Gasteiger partial charge in [-0.1, -0.05) is 32.0 Å². The first kappa shape index (κ1) is 20.6. The molecule has 0 aliphatic carbocycles. The minimum Gasteiger partial charge on any atom is -0.454 e. The number of carbonyl (C=O) groups excluding carboxylic acids is 3. The van der Waals surface area contributed by atoms with Crippen molar-refractivity contribution in [1.29, 1.82) is 0 Å². The summed E-state index contributed by atoms with van der Waals surface area (Å²) < 4.78 is 31.7. The van der Waals surface area contributed by atoms with E-state index in [1.807, 2.05) is 5.32 Å². The maximum Gasteiger partial charge on any atom is 0.324 e. The quantitative estimate of drug-likeness (QED) is 0.578. The van der Waals surface area contributed by atoms with Crippen molar-refractivity contribution in [3.05, 3.63) is 30.3 Å². The summed E-state index contributed by atoms with van der Waals surface area (Å²) in [6.07, 6.45) is 0. The number of hydrogen-bond acceptors (Lipinski definition) is 6. The largest absolute Gasteiger partial charge is 0.454 e. The smallest absolute Gasteiger partial charge is 0.324 e. The van der Waals surface area contributed by atoms with Gasteiger partial charge in [-0.2, -0.15) is 4.72 Å². The Bertz CT molecular complexity index is 718. The van der Waals surface area contributed by atoms with Crippen LogP contribution in [0, 0.1) is 5.92 Å². The maximum atomic E-state index is 12.3. The number of carbonyl (C=O) groups is 3. The van der Waals surface area contributed by atoms with Crippen molar-refractivity contribution in [3.8, 4) is 0 Å². The van der Waals surface area contributed by atoms with Crippen LogP contribution in [0.1, 0.15) is 13.8 Å². The Hall–Kier alpha value is -2.46. The van der Waals surface area contributed by atoms with E-state index in [9.17, 15) is 22.8 Å². The Balaban J connectivity index is 2.75. The fourth-order valence-corrected chi connectivity index (χ4v) is 3.10. The molecule has 0 spiro atoms. The number of urea groups is 1. The van der Waals surface area contributed by atoms with Gasteiger partial charge in [0.15, 0.2) is 6.61 Å². The molecule has 0 unspecified atom stereocenters. The second-order valence-electron chi connectivity index (χ2n) is 5.39. The lowest BCUT2D eigenvalue weighted by Gasteiger charge is -2.20. The monoisotopic (exact) mass is 371 g/mol. The van der Waals surface area contributed by atoms with E-state index in [0.717, 1.165) is 0 Å². The Morgan fingerprint density at radius 2 is 1.72 bits per heavy atom. The van der Waals surface area contributed by atoms with E-state index >= 15 is 0 Å². The highest BCUT2D eigenvalue weighted by Gasteiger charge is 2.30. The van der Waals surface area contributed by atoms with Crippen LogP contribution in [0.3, 0.4) is 0 Å². The molecule has 25 heavy (non-hydrogen) atoms. The number of rotatable bonds is 7. The number of nitrogens with one attached hydrogen (secondary N) is 3. The molecular weight excluding hydrogens is 350 g/mol. The average Bonchev–Trinajstić information content (AvgIpc) is 2.58. The first-order valence-corrected chi connectivity index (χ1v) is 8.91. The molecule has 1 atom stereocenters. The lowest BCUT2D eigenvalue weighted by atomic mass is 10.1. The fourth-order valence-electron chi connectivity index (χ4n) is 1.74. The van der Waals surface area contributed by atoms with Gasteiger partial charge in [-0.15, -0.1) is 0 Å². The van der Waals surface area contributed by atoms with Crippen LogP contribution in [0.25, 0.3) is 0 Å². The van der Waals surface area contributed by atoms with E-state index in [1.165, 1.54) is 19.2 Å². The van der Waals surface area contributed by atoms with E-state index in [-0.39, 0.29) is 4.90 Å². The minimum atomic E-state index is -3.93. The van der Waals surface area contributed by atoms with Crippen LogP contribution in [0.5, 0.6) is 0 Å². The molecule has 0 bridgehead atoms. The topological polar surface area (TPSA) is 131 Å². The van der Waals surface area contributed by atoms with Gasteiger partial charge in [0.1, 0.15) is 6.04 Å². The molecule has 138 valence electrons. The molecule has 10 heteroatoms. The molecule has 3 N–H and O–H groups in total. The summed E-state index contributed by atoms with van der Waals surface area (Å²) in [4.78, 5) is 34.5. The van der Waals surface area contributed by atoms with Crippen molar-refractivity contribution in [3.63, 3.8) is 0 Å². The summed E-state index contributed by atoms with van der Waals surface area (Å²) in [6.45, 7) is 2.55. The van der Waals surface area contributed by atoms with Crippen LogP contribution in [0.2, 0.25) is 0 Å². The zero-order chi connectivity index (χ0) is 19.0. The fraction of sp³-hybridized carbons (Fsp3) is 0.400. The Morgan fingerprint density at radius 3 is 2.24 bits per heavy atom. The van der Waals surface area contributed by atoms with Crippen molar-refractivity contribution in [2.24, 2.45) is 5.92 Å². The van der Waals surface area contributed by atoms with Crippen LogP contribution in [0.4, 0.5) is 4.79 Å². The zero-order valence-electron chi connectivity index (χ0n) is 14.1. The van der Waals surface area contributed by atoms with Gasteiger partial charge in [0.25, 0.3) is 5.91 Å². The van der Waals surface area contributed by atoms with Crippen molar-refractivity contribution < 1.29 is 27.5 Å². The summed E-state index contributed by atoms with van der Waals surface area (Å²) in [5.74, 6) is -2.17. The molecule has 3 amide bonds. The molecule has 0 radical (unpaired) electrons. The highest BCUT2D eigenvalue weighted by molar-refractivity contribution is 7.89. The van der Waals surface area contributed by atoms with Crippen molar-refractivity contribution in [2.75, 3.05) is 13.7 Å². The maximum absolute atomic E-state index is 12.3. The molecule has 0 fully saturated rings. The molecule has 1 aromatic carbocycles. The molecule has 1 aromatic rings. The standard InChI is InChI=1S/C15H21N3O6S/c1-10(2)13(14(20)24-9-12(19)17-15(21)16-3)18-25(22,23)11-7-5-4-6-8-11/h4-8,10,13,18H,9H2,1-3H3,(H2,16,17,19,21)/t13-/m0/s1. The van der Waals surface area contributed by atoms with E-state index in [0.29, 0.717) is 0 Å². The normalized spacial score (nSPS) is 12.3. The van der Waals surface area contributed by atoms with Gasteiger partial charge in [0.05, 0.1) is 4.90 Å². The van der Waals surface area contributed by atoms with Crippen LogP contribution in [0.15, 0.2) is 35.2 Å². The highest BCUT2D eigenvalue weighted by Crippen LogP contribution is 2.12. The first-order valence-electron chi connectivity index (χ1n) is 7.43. The van der Waals surface area contributed by atoms with Gasteiger partial charge in [-0.05, 0) is 18.1 Å². The number of amides is 3. The predicted molar refractivity (Wildman–Crippen MR) is 88.9 cm³/mol. The SMILES string of the molecule is CNC(=O)NC(=O)COC(=O)[C@@H](NS(=O)(=O)c1ccccc1)C(C)C. The van der Waals surface area contributed by atoms with Gasteiger partial charge in [-0.3, -0.25) is 14.9 Å². The van der Waals surface area contributed by atoms with Gasteiger partial charge in [-0.25, -0.2) is 13.2 Å². The van der Waals surface area contributed by atoms with E-state index in [2.05, 4.69) is 10.0 Å².